The van der Waals surface area contributed by atoms with Gasteiger partial charge >= 0.3 is 0 Å². The highest BCUT2D eigenvalue weighted by atomic mass is 35.5. The van der Waals surface area contributed by atoms with Crippen LogP contribution in [0.4, 0.5) is 21.6 Å². The Morgan fingerprint density at radius 3 is 2.31 bits per heavy atom. The summed E-state index contributed by atoms with van der Waals surface area (Å²) < 4.78 is 45.6. The predicted molar refractivity (Wildman–Crippen MR) is 114 cm³/mol. The van der Waals surface area contributed by atoms with Crippen LogP contribution in [-0.4, -0.2) is 18.7 Å². The van der Waals surface area contributed by atoms with E-state index in [9.17, 15) is 12.8 Å². The van der Waals surface area contributed by atoms with E-state index in [1.807, 2.05) is 0 Å². The molecule has 0 aliphatic rings. The molecular weight excluding hydrogens is 439 g/mol. The van der Waals surface area contributed by atoms with E-state index in [4.69, 9.17) is 28.3 Å². The Balaban J connectivity index is 1.66. The van der Waals surface area contributed by atoms with E-state index in [-0.39, 0.29) is 20.9 Å². The van der Waals surface area contributed by atoms with Crippen LogP contribution in [0.25, 0.3) is 0 Å². The van der Waals surface area contributed by atoms with Crippen LogP contribution in [-0.2, 0) is 10.0 Å². The summed E-state index contributed by atoms with van der Waals surface area (Å²) in [5.41, 5.74) is 2.28. The lowest BCUT2D eigenvalue weighted by molar-refractivity contribution is 0.430. The van der Waals surface area contributed by atoms with Gasteiger partial charge in [-0.2, -0.15) is 0 Å². The number of rotatable bonds is 5. The van der Waals surface area contributed by atoms with Gasteiger partial charge < -0.3 is 15.2 Å². The first-order valence-electron chi connectivity index (χ1n) is 8.24. The first kappa shape index (κ1) is 21.0. The van der Waals surface area contributed by atoms with Crippen LogP contribution in [0, 0.1) is 19.7 Å². The number of hydrogen-bond acceptors (Lipinski definition) is 5. The van der Waals surface area contributed by atoms with Gasteiger partial charge in [0.05, 0.1) is 15.6 Å². The lowest BCUT2D eigenvalue weighted by Gasteiger charge is -2.12. The van der Waals surface area contributed by atoms with E-state index >= 15 is 0 Å². The van der Waals surface area contributed by atoms with Crippen LogP contribution in [0.3, 0.4) is 0 Å². The first-order chi connectivity index (χ1) is 13.7. The Morgan fingerprint density at radius 2 is 1.72 bits per heavy atom. The zero-order valence-corrected chi connectivity index (χ0v) is 17.7. The summed E-state index contributed by atoms with van der Waals surface area (Å²) in [4.78, 5) is 0.0423. The smallest absolute Gasteiger partial charge is 0.264 e. The average Bonchev–Trinajstić information content (AvgIpc) is 2.97. The van der Waals surface area contributed by atoms with Crippen LogP contribution >= 0.6 is 23.8 Å². The summed E-state index contributed by atoms with van der Waals surface area (Å²) in [5.74, 6) is -0.453. The van der Waals surface area contributed by atoms with E-state index in [0.29, 0.717) is 22.6 Å². The number of sulfonamides is 1. The van der Waals surface area contributed by atoms with Gasteiger partial charge in [-0.1, -0.05) is 16.8 Å². The maximum Gasteiger partial charge on any atom is 0.264 e. The maximum absolute atomic E-state index is 13.2. The number of hydrogen-bond donors (Lipinski definition) is 3. The molecule has 11 heteroatoms. The van der Waals surface area contributed by atoms with Crippen LogP contribution in [0.1, 0.15) is 11.3 Å². The molecule has 3 aromatic rings. The van der Waals surface area contributed by atoms with Gasteiger partial charge in [0.15, 0.2) is 5.11 Å². The number of halogens is 2. The summed E-state index contributed by atoms with van der Waals surface area (Å²) in [5, 5.41) is 9.69. The highest BCUT2D eigenvalue weighted by Crippen LogP contribution is 2.23. The van der Waals surface area contributed by atoms with Crippen molar-refractivity contribution >= 4 is 56.2 Å². The molecular formula is C18H16ClFN4O3S2. The third kappa shape index (κ3) is 5.03. The second kappa shape index (κ2) is 8.36. The number of aromatic nitrogens is 1. The third-order valence-electron chi connectivity index (χ3n) is 3.98. The van der Waals surface area contributed by atoms with Crippen molar-refractivity contribution in [2.45, 2.75) is 18.7 Å². The summed E-state index contributed by atoms with van der Waals surface area (Å²) in [6.07, 6.45) is 0. The molecule has 0 bridgehead atoms. The van der Waals surface area contributed by atoms with E-state index in [0.717, 1.165) is 0 Å². The van der Waals surface area contributed by atoms with E-state index in [1.54, 1.807) is 26.0 Å². The number of thiocarbonyl (C=S) groups is 1. The maximum atomic E-state index is 13.2. The molecule has 0 saturated heterocycles. The van der Waals surface area contributed by atoms with Gasteiger partial charge in [-0.3, -0.25) is 0 Å². The normalized spacial score (nSPS) is 11.2. The predicted octanol–water partition coefficient (Wildman–Crippen LogP) is 4.69. The molecule has 0 unspecified atom stereocenters. The molecule has 0 radical (unpaired) electrons. The largest absolute Gasteiger partial charge is 0.337 e. The fourth-order valence-corrected chi connectivity index (χ4v) is 3.74. The van der Waals surface area contributed by atoms with Crippen LogP contribution in [0.2, 0.25) is 5.02 Å². The Labute approximate surface area is 177 Å². The Bertz CT molecular complexity index is 1160. The van der Waals surface area contributed by atoms with Gasteiger partial charge in [0.2, 0.25) is 5.88 Å². The van der Waals surface area contributed by atoms with Crippen molar-refractivity contribution in [3.8, 4) is 0 Å². The highest BCUT2D eigenvalue weighted by Gasteiger charge is 2.19. The number of nitrogens with one attached hydrogen (secondary N) is 3. The first-order valence-corrected chi connectivity index (χ1v) is 10.5. The molecule has 2 aromatic carbocycles. The molecule has 1 heterocycles. The molecule has 3 N–H and O–H groups in total. The van der Waals surface area contributed by atoms with Crippen molar-refractivity contribution in [1.29, 1.82) is 0 Å². The van der Waals surface area contributed by atoms with E-state index in [1.165, 1.54) is 30.3 Å². The van der Waals surface area contributed by atoms with Crippen molar-refractivity contribution < 1.29 is 17.3 Å². The van der Waals surface area contributed by atoms with Gasteiger partial charge in [-0.15, -0.1) is 0 Å². The highest BCUT2D eigenvalue weighted by molar-refractivity contribution is 7.92. The monoisotopic (exact) mass is 454 g/mol. The van der Waals surface area contributed by atoms with Crippen molar-refractivity contribution in [2.75, 3.05) is 15.4 Å². The van der Waals surface area contributed by atoms with Crippen LogP contribution in [0.15, 0.2) is 51.9 Å². The molecule has 152 valence electrons. The molecule has 0 fully saturated rings. The molecule has 3 rings (SSSR count). The van der Waals surface area contributed by atoms with Crippen molar-refractivity contribution in [3.05, 3.63) is 64.6 Å². The van der Waals surface area contributed by atoms with Gasteiger partial charge in [-0.05, 0) is 68.5 Å². The fourth-order valence-electron chi connectivity index (χ4n) is 2.28. The number of anilines is 3. The number of nitrogens with zero attached hydrogens (tertiary/aromatic N) is 1. The Hall–Kier alpha value is -2.69. The second-order valence-corrected chi connectivity index (χ2v) is 8.56. The zero-order valence-electron chi connectivity index (χ0n) is 15.3. The molecule has 1 aromatic heterocycles. The topological polar surface area (TPSA) is 96.3 Å². The van der Waals surface area contributed by atoms with Crippen molar-refractivity contribution in [1.82, 2.24) is 5.16 Å². The number of aryl methyl sites for hydroxylation is 1. The Morgan fingerprint density at radius 1 is 1.10 bits per heavy atom. The van der Waals surface area contributed by atoms with Gasteiger partial charge in [0, 0.05) is 16.9 Å². The SMILES string of the molecule is Cc1noc(NS(=O)(=O)c2ccc(NC(=S)Nc3ccc(F)c(Cl)c3)cc2)c1C. The second-order valence-electron chi connectivity index (χ2n) is 6.06. The standard InChI is InChI=1S/C18H16ClFN4O3S2/c1-10-11(2)23-27-17(10)24-29(25,26)14-6-3-12(4-7-14)21-18(28)22-13-5-8-16(20)15(19)9-13/h3-9,24H,1-2H3,(H2,21,22,28). The van der Waals surface area contributed by atoms with E-state index in [2.05, 4.69) is 20.5 Å². The van der Waals surface area contributed by atoms with E-state index < -0.39 is 15.8 Å². The van der Waals surface area contributed by atoms with Crippen molar-refractivity contribution in [3.63, 3.8) is 0 Å². The summed E-state index contributed by atoms with van der Waals surface area (Å²) in [6, 6.07) is 10.1. The Kier molecular flexibility index (Phi) is 6.06. The summed E-state index contributed by atoms with van der Waals surface area (Å²) in [7, 11) is -3.84. The van der Waals surface area contributed by atoms with Crippen LogP contribution in [0.5, 0.6) is 0 Å². The molecule has 0 spiro atoms. The van der Waals surface area contributed by atoms with Gasteiger partial charge in [0.1, 0.15) is 5.82 Å². The summed E-state index contributed by atoms with van der Waals surface area (Å²) >= 11 is 10.9. The van der Waals surface area contributed by atoms with Gasteiger partial charge in [0.25, 0.3) is 10.0 Å². The molecule has 29 heavy (non-hydrogen) atoms. The minimum Gasteiger partial charge on any atom is -0.337 e. The fraction of sp³-hybridized carbons (Fsp3) is 0.111. The lowest BCUT2D eigenvalue weighted by Crippen LogP contribution is -2.19. The third-order valence-corrected chi connectivity index (χ3v) is 5.82. The summed E-state index contributed by atoms with van der Waals surface area (Å²) in [6.45, 7) is 3.42. The molecule has 0 aliphatic heterocycles. The molecule has 0 aliphatic carbocycles. The lowest BCUT2D eigenvalue weighted by atomic mass is 10.3. The molecule has 0 atom stereocenters. The quantitative estimate of drug-likeness (QED) is 0.481. The van der Waals surface area contributed by atoms with Crippen molar-refractivity contribution in [2.24, 2.45) is 0 Å². The minimum absolute atomic E-state index is 0.0305. The zero-order chi connectivity index (χ0) is 21.2. The van der Waals surface area contributed by atoms with Gasteiger partial charge in [-0.25, -0.2) is 17.5 Å². The molecule has 0 amide bonds. The average molecular weight is 455 g/mol. The van der Waals surface area contributed by atoms with Crippen LogP contribution < -0.4 is 15.4 Å². The molecule has 0 saturated carbocycles. The molecule has 7 nitrogen and oxygen atoms in total. The number of benzene rings is 2. The minimum atomic E-state index is -3.84.